The van der Waals surface area contributed by atoms with Gasteiger partial charge in [0.15, 0.2) is 0 Å². The molecule has 1 aliphatic rings. The highest BCUT2D eigenvalue weighted by molar-refractivity contribution is 9.10. The predicted molar refractivity (Wildman–Crippen MR) is 92.6 cm³/mol. The number of aryl methyl sites for hydroxylation is 2. The predicted octanol–water partition coefficient (Wildman–Crippen LogP) is 2.28. The normalized spacial score (nSPS) is 15.7. The van der Waals surface area contributed by atoms with Gasteiger partial charge >= 0.3 is 0 Å². The third-order valence-corrected chi connectivity index (χ3v) is 4.63. The molecule has 1 aliphatic heterocycles. The first-order valence-corrected chi connectivity index (χ1v) is 8.48. The zero-order valence-electron chi connectivity index (χ0n) is 13.3. The van der Waals surface area contributed by atoms with Crippen molar-refractivity contribution in [2.75, 3.05) is 18.0 Å². The van der Waals surface area contributed by atoms with Gasteiger partial charge in [-0.15, -0.1) is 0 Å². The Hall–Kier alpha value is -1.89. The first-order valence-electron chi connectivity index (χ1n) is 7.69. The Bertz CT molecular complexity index is 706. The highest BCUT2D eigenvalue weighted by atomic mass is 79.9. The van der Waals surface area contributed by atoms with E-state index in [2.05, 4.69) is 49.1 Å². The van der Waals surface area contributed by atoms with Gasteiger partial charge in [-0.2, -0.15) is 0 Å². The third kappa shape index (κ3) is 3.55. The Morgan fingerprint density at radius 1 is 1.35 bits per heavy atom. The highest BCUT2D eigenvalue weighted by Crippen LogP contribution is 2.24. The summed E-state index contributed by atoms with van der Waals surface area (Å²) in [6.45, 7) is 3.86. The fourth-order valence-electron chi connectivity index (χ4n) is 2.94. The molecule has 0 atom stereocenters. The van der Waals surface area contributed by atoms with Crippen molar-refractivity contribution in [1.29, 1.82) is 0 Å². The minimum Gasteiger partial charge on any atom is -0.356 e. The zero-order chi connectivity index (χ0) is 16.4. The molecular formula is C16H20BrN5O. The molecule has 23 heavy (non-hydrogen) atoms. The molecule has 0 aliphatic carbocycles. The van der Waals surface area contributed by atoms with Crippen molar-refractivity contribution in [3.8, 4) is 0 Å². The second-order valence-electron chi connectivity index (χ2n) is 5.92. The van der Waals surface area contributed by atoms with Gasteiger partial charge in [-0.25, -0.2) is 9.97 Å². The first-order chi connectivity index (χ1) is 11.0. The van der Waals surface area contributed by atoms with Crippen LogP contribution in [0.25, 0.3) is 0 Å². The summed E-state index contributed by atoms with van der Waals surface area (Å²) in [5.41, 5.74) is 1.76. The molecule has 1 N–H and O–H groups in total. The second-order valence-corrected chi connectivity index (χ2v) is 6.83. The summed E-state index contributed by atoms with van der Waals surface area (Å²) in [6.07, 6.45) is 6.90. The van der Waals surface area contributed by atoms with Gasteiger partial charge in [-0.05, 0) is 47.3 Å². The Morgan fingerprint density at radius 2 is 2.09 bits per heavy atom. The lowest BCUT2D eigenvalue weighted by molar-refractivity contribution is 0.0923. The van der Waals surface area contributed by atoms with Crippen molar-refractivity contribution >= 4 is 27.7 Å². The van der Waals surface area contributed by atoms with Gasteiger partial charge in [-0.1, -0.05) is 0 Å². The maximum absolute atomic E-state index is 12.2. The van der Waals surface area contributed by atoms with E-state index in [1.807, 2.05) is 13.2 Å². The standard InChI is InChI=1S/C16H20BrN5O/c1-11-7-12(17)8-19-15(11)22-5-3-13(4-6-22)20-16(23)14-9-18-10-21(14)2/h7-10,13H,3-6H2,1-2H3,(H,20,23). The number of imidazole rings is 1. The number of anilines is 1. The van der Waals surface area contributed by atoms with E-state index >= 15 is 0 Å². The van der Waals surface area contributed by atoms with E-state index in [0.717, 1.165) is 41.8 Å². The lowest BCUT2D eigenvalue weighted by Gasteiger charge is -2.34. The Balaban J connectivity index is 1.58. The van der Waals surface area contributed by atoms with Crippen LogP contribution in [0.1, 0.15) is 28.9 Å². The molecule has 0 unspecified atom stereocenters. The number of aromatic nitrogens is 3. The number of halogens is 1. The summed E-state index contributed by atoms with van der Waals surface area (Å²) in [7, 11) is 1.83. The lowest BCUT2D eigenvalue weighted by atomic mass is 10.0. The summed E-state index contributed by atoms with van der Waals surface area (Å²) < 4.78 is 2.73. The fourth-order valence-corrected chi connectivity index (χ4v) is 3.38. The number of nitrogens with zero attached hydrogens (tertiary/aromatic N) is 4. The first kappa shape index (κ1) is 16.0. The van der Waals surface area contributed by atoms with E-state index in [-0.39, 0.29) is 11.9 Å². The van der Waals surface area contributed by atoms with Crippen LogP contribution in [-0.2, 0) is 7.05 Å². The number of amides is 1. The summed E-state index contributed by atoms with van der Waals surface area (Å²) in [4.78, 5) is 23.0. The molecule has 1 amide bonds. The number of rotatable bonds is 3. The summed E-state index contributed by atoms with van der Waals surface area (Å²) in [5, 5.41) is 3.10. The van der Waals surface area contributed by atoms with Gasteiger partial charge in [0.1, 0.15) is 11.5 Å². The van der Waals surface area contributed by atoms with E-state index < -0.39 is 0 Å². The molecule has 2 aromatic rings. The number of hydrogen-bond donors (Lipinski definition) is 1. The third-order valence-electron chi connectivity index (χ3n) is 4.20. The average Bonchev–Trinajstić information content (AvgIpc) is 2.95. The van der Waals surface area contributed by atoms with Crippen LogP contribution in [-0.4, -0.2) is 39.6 Å². The molecule has 3 rings (SSSR count). The van der Waals surface area contributed by atoms with Gasteiger partial charge in [0.2, 0.25) is 0 Å². The SMILES string of the molecule is Cc1cc(Br)cnc1N1CCC(NC(=O)c2cncn2C)CC1. The molecule has 7 heteroatoms. The second kappa shape index (κ2) is 6.70. The van der Waals surface area contributed by atoms with Crippen LogP contribution in [0.2, 0.25) is 0 Å². The molecular weight excluding hydrogens is 358 g/mol. The molecule has 1 saturated heterocycles. The summed E-state index contributed by atoms with van der Waals surface area (Å²) in [6, 6.07) is 2.28. The molecule has 0 radical (unpaired) electrons. The van der Waals surface area contributed by atoms with Crippen molar-refractivity contribution in [3.05, 3.63) is 40.5 Å². The van der Waals surface area contributed by atoms with Gasteiger partial charge in [0, 0.05) is 36.8 Å². The quantitative estimate of drug-likeness (QED) is 0.890. The number of piperidine rings is 1. The van der Waals surface area contributed by atoms with Crippen LogP contribution in [0.3, 0.4) is 0 Å². The summed E-state index contributed by atoms with van der Waals surface area (Å²) in [5.74, 6) is 0.978. The van der Waals surface area contributed by atoms with Crippen molar-refractivity contribution in [2.24, 2.45) is 7.05 Å². The molecule has 1 fully saturated rings. The van der Waals surface area contributed by atoms with Crippen LogP contribution in [0.4, 0.5) is 5.82 Å². The van der Waals surface area contributed by atoms with Crippen molar-refractivity contribution in [3.63, 3.8) is 0 Å². The topological polar surface area (TPSA) is 63.1 Å². The van der Waals surface area contributed by atoms with Crippen molar-refractivity contribution in [1.82, 2.24) is 19.9 Å². The van der Waals surface area contributed by atoms with E-state index in [1.54, 1.807) is 17.1 Å². The molecule has 0 bridgehead atoms. The minimum atomic E-state index is -0.0543. The molecule has 2 aromatic heterocycles. The molecule has 0 saturated carbocycles. The molecule has 3 heterocycles. The Labute approximate surface area is 144 Å². The van der Waals surface area contributed by atoms with Gasteiger partial charge < -0.3 is 14.8 Å². The maximum Gasteiger partial charge on any atom is 0.269 e. The molecule has 0 aromatic carbocycles. The van der Waals surface area contributed by atoms with E-state index in [4.69, 9.17) is 0 Å². The van der Waals surface area contributed by atoms with E-state index in [0.29, 0.717) is 5.69 Å². The van der Waals surface area contributed by atoms with Gasteiger partial charge in [0.25, 0.3) is 5.91 Å². The largest absolute Gasteiger partial charge is 0.356 e. The summed E-state index contributed by atoms with van der Waals surface area (Å²) >= 11 is 3.45. The van der Waals surface area contributed by atoms with E-state index in [9.17, 15) is 4.79 Å². The molecule has 122 valence electrons. The number of hydrogen-bond acceptors (Lipinski definition) is 4. The maximum atomic E-state index is 12.2. The van der Waals surface area contributed by atoms with Crippen LogP contribution in [0.15, 0.2) is 29.3 Å². The Morgan fingerprint density at radius 3 is 2.70 bits per heavy atom. The van der Waals surface area contributed by atoms with Crippen LogP contribution in [0.5, 0.6) is 0 Å². The van der Waals surface area contributed by atoms with Gasteiger partial charge in [-0.3, -0.25) is 4.79 Å². The molecule has 0 spiro atoms. The van der Waals surface area contributed by atoms with E-state index in [1.165, 1.54) is 0 Å². The number of carbonyl (C=O) groups is 1. The fraction of sp³-hybridized carbons (Fsp3) is 0.438. The highest BCUT2D eigenvalue weighted by Gasteiger charge is 2.23. The van der Waals surface area contributed by atoms with Gasteiger partial charge in [0.05, 0.1) is 12.5 Å². The van der Waals surface area contributed by atoms with Crippen molar-refractivity contribution in [2.45, 2.75) is 25.8 Å². The smallest absolute Gasteiger partial charge is 0.269 e. The lowest BCUT2D eigenvalue weighted by Crippen LogP contribution is -2.45. The minimum absolute atomic E-state index is 0.0543. The van der Waals surface area contributed by atoms with Crippen LogP contribution < -0.4 is 10.2 Å². The number of carbonyl (C=O) groups excluding carboxylic acids is 1. The number of pyridine rings is 1. The van der Waals surface area contributed by atoms with Crippen LogP contribution >= 0.6 is 15.9 Å². The zero-order valence-corrected chi connectivity index (χ0v) is 14.9. The average molecular weight is 378 g/mol. The van der Waals surface area contributed by atoms with Crippen LogP contribution in [0, 0.1) is 6.92 Å². The van der Waals surface area contributed by atoms with Crippen molar-refractivity contribution < 1.29 is 4.79 Å². The monoisotopic (exact) mass is 377 g/mol. The Kier molecular flexibility index (Phi) is 4.66. The number of nitrogens with one attached hydrogen (secondary N) is 1. The molecule has 6 nitrogen and oxygen atoms in total.